The van der Waals surface area contributed by atoms with Crippen LogP contribution in [0.15, 0.2) is 24.3 Å². The number of carbonyl (C=O) groups excluding carboxylic acids is 1. The molecule has 0 aliphatic carbocycles. The molecule has 0 amide bonds. The fraction of sp³-hybridized carbons (Fsp3) is 0.611. The molecule has 2 aliphatic rings. The molecule has 2 atom stereocenters. The van der Waals surface area contributed by atoms with Crippen LogP contribution in [0.5, 0.6) is 11.5 Å². The maximum absolute atomic E-state index is 12.4. The van der Waals surface area contributed by atoms with Crippen LogP contribution in [0.3, 0.4) is 0 Å². The van der Waals surface area contributed by atoms with Gasteiger partial charge in [0.25, 0.3) is 0 Å². The molecule has 0 radical (unpaired) electrons. The van der Waals surface area contributed by atoms with Gasteiger partial charge in [-0.1, -0.05) is 12.1 Å². The minimum absolute atomic E-state index is 0.268. The Balaban J connectivity index is 1.48. The zero-order chi connectivity index (χ0) is 15.4. The zero-order valence-corrected chi connectivity index (χ0v) is 13.9. The maximum atomic E-state index is 12.4. The minimum Gasteiger partial charge on any atom is -0.490 e. The Morgan fingerprint density at radius 2 is 1.77 bits per heavy atom. The second-order valence-electron chi connectivity index (χ2n) is 6.07. The van der Waals surface area contributed by atoms with Gasteiger partial charge in [0, 0.05) is 22.8 Å². The van der Waals surface area contributed by atoms with E-state index in [4.69, 9.17) is 9.47 Å². The van der Waals surface area contributed by atoms with E-state index in [1.807, 2.05) is 31.2 Å². The number of ether oxygens (including phenoxy) is 2. The molecule has 3 nitrogen and oxygen atoms in total. The van der Waals surface area contributed by atoms with Crippen LogP contribution in [0.25, 0.3) is 0 Å². The van der Waals surface area contributed by atoms with Gasteiger partial charge in [-0.2, -0.15) is 11.8 Å². The molecule has 1 aromatic carbocycles. The monoisotopic (exact) mass is 320 g/mol. The van der Waals surface area contributed by atoms with E-state index < -0.39 is 0 Å². The number of Topliss-reactive ketones (excluding diaryl/α,β-unsaturated/α-hetero) is 1. The summed E-state index contributed by atoms with van der Waals surface area (Å²) in [5.41, 5.74) is 0. The number of fused-ring (bicyclic) bond motifs is 2. The van der Waals surface area contributed by atoms with Gasteiger partial charge in [0.1, 0.15) is 5.78 Å². The Kier molecular flexibility index (Phi) is 5.29. The molecule has 0 spiro atoms. The highest BCUT2D eigenvalue weighted by atomic mass is 32.2. The average Bonchev–Trinajstić information content (AvgIpc) is 2.87. The predicted molar refractivity (Wildman–Crippen MR) is 89.9 cm³/mol. The molecular weight excluding hydrogens is 296 g/mol. The Morgan fingerprint density at radius 3 is 2.41 bits per heavy atom. The smallest absolute Gasteiger partial charge is 0.161 e. The van der Waals surface area contributed by atoms with Crippen molar-refractivity contribution in [1.29, 1.82) is 0 Å². The first kappa shape index (κ1) is 15.7. The normalized spacial score (nSPS) is 26.7. The number of hydrogen-bond donors (Lipinski definition) is 0. The van der Waals surface area contributed by atoms with Crippen molar-refractivity contribution in [1.82, 2.24) is 0 Å². The van der Waals surface area contributed by atoms with Gasteiger partial charge in [0.05, 0.1) is 13.2 Å². The van der Waals surface area contributed by atoms with Gasteiger partial charge >= 0.3 is 0 Å². The Hall–Kier alpha value is -1.16. The molecule has 2 heterocycles. The van der Waals surface area contributed by atoms with Crippen LogP contribution in [0.2, 0.25) is 0 Å². The van der Waals surface area contributed by atoms with E-state index in [2.05, 4.69) is 11.8 Å². The van der Waals surface area contributed by atoms with Gasteiger partial charge in [0.2, 0.25) is 0 Å². The van der Waals surface area contributed by atoms with Crippen LogP contribution in [-0.2, 0) is 4.79 Å². The van der Waals surface area contributed by atoms with Gasteiger partial charge in [-0.05, 0) is 44.7 Å². The number of para-hydroxylation sites is 2. The second-order valence-corrected chi connectivity index (χ2v) is 7.68. The summed E-state index contributed by atoms with van der Waals surface area (Å²) < 4.78 is 11.3. The van der Waals surface area contributed by atoms with Gasteiger partial charge in [-0.15, -0.1) is 0 Å². The van der Waals surface area contributed by atoms with Crippen LogP contribution < -0.4 is 9.47 Å². The van der Waals surface area contributed by atoms with Crippen molar-refractivity contribution in [3.05, 3.63) is 24.3 Å². The lowest BCUT2D eigenvalue weighted by Crippen LogP contribution is -2.25. The molecule has 2 unspecified atom stereocenters. The summed E-state index contributed by atoms with van der Waals surface area (Å²) in [6.45, 7) is 3.01. The lowest BCUT2D eigenvalue weighted by Gasteiger charge is -2.26. The van der Waals surface area contributed by atoms with E-state index in [0.29, 0.717) is 25.4 Å². The van der Waals surface area contributed by atoms with Crippen LogP contribution >= 0.6 is 11.8 Å². The Labute approximate surface area is 136 Å². The molecule has 0 aromatic heterocycles. The van der Waals surface area contributed by atoms with Gasteiger partial charge < -0.3 is 9.47 Å². The fourth-order valence-corrected chi connectivity index (χ4v) is 5.21. The van der Waals surface area contributed by atoms with Crippen LogP contribution in [0, 0.1) is 5.92 Å². The summed E-state index contributed by atoms with van der Waals surface area (Å²) in [7, 11) is 0. The van der Waals surface area contributed by atoms with Gasteiger partial charge in [-0.25, -0.2) is 0 Å². The molecule has 4 heteroatoms. The van der Waals surface area contributed by atoms with Crippen molar-refractivity contribution < 1.29 is 14.3 Å². The highest BCUT2D eigenvalue weighted by Crippen LogP contribution is 2.46. The van der Waals surface area contributed by atoms with E-state index in [1.54, 1.807) is 0 Å². The lowest BCUT2D eigenvalue weighted by molar-refractivity contribution is -0.123. The molecule has 0 saturated carbocycles. The summed E-state index contributed by atoms with van der Waals surface area (Å²) in [6.07, 6.45) is 5.27. The summed E-state index contributed by atoms with van der Waals surface area (Å²) in [5, 5.41) is 1.46. The van der Waals surface area contributed by atoms with Crippen LogP contribution in [0.4, 0.5) is 0 Å². The Bertz CT molecular complexity index is 505. The Morgan fingerprint density at radius 1 is 1.14 bits per heavy atom. The molecule has 0 N–H and O–H groups in total. The second kappa shape index (κ2) is 7.40. The first-order chi connectivity index (χ1) is 10.8. The van der Waals surface area contributed by atoms with Gasteiger partial charge in [-0.3, -0.25) is 4.79 Å². The fourth-order valence-electron chi connectivity index (χ4n) is 3.43. The van der Waals surface area contributed by atoms with E-state index in [-0.39, 0.29) is 5.92 Å². The predicted octanol–water partition coefficient (Wildman–Crippen LogP) is 4.10. The molecule has 3 rings (SSSR count). The zero-order valence-electron chi connectivity index (χ0n) is 13.1. The summed E-state index contributed by atoms with van der Waals surface area (Å²) >= 11 is 2.10. The number of hydrogen-bond acceptors (Lipinski definition) is 4. The van der Waals surface area contributed by atoms with Crippen molar-refractivity contribution in [3.63, 3.8) is 0 Å². The standard InChI is InChI=1S/C18H24O3S/c1-2-20-17-5-3-4-6-18(17)21-10-9-16(19)13-11-14-7-8-15(12-13)22-14/h3-6,13-15H,2,7-12H2,1H3. The molecular formula is C18H24O3S. The maximum Gasteiger partial charge on any atom is 0.161 e. The number of ketones is 1. The van der Waals surface area contributed by atoms with Crippen LogP contribution in [0.1, 0.15) is 39.0 Å². The van der Waals surface area contributed by atoms with Crippen LogP contribution in [-0.4, -0.2) is 29.5 Å². The molecule has 2 bridgehead atoms. The van der Waals surface area contributed by atoms with Crippen molar-refractivity contribution in [2.75, 3.05) is 13.2 Å². The van der Waals surface area contributed by atoms with Crippen molar-refractivity contribution in [2.24, 2.45) is 5.92 Å². The molecule has 2 saturated heterocycles. The first-order valence-electron chi connectivity index (χ1n) is 8.29. The molecule has 22 heavy (non-hydrogen) atoms. The lowest BCUT2D eigenvalue weighted by atomic mass is 9.93. The number of rotatable bonds is 7. The molecule has 2 fully saturated rings. The van der Waals surface area contributed by atoms with E-state index in [0.717, 1.165) is 34.8 Å². The summed E-state index contributed by atoms with van der Waals surface area (Å²) in [4.78, 5) is 12.4. The summed E-state index contributed by atoms with van der Waals surface area (Å²) in [6, 6.07) is 7.65. The molecule has 2 aliphatic heterocycles. The number of thioether (sulfide) groups is 1. The third-order valence-electron chi connectivity index (χ3n) is 4.50. The van der Waals surface area contributed by atoms with Crippen molar-refractivity contribution in [2.45, 2.75) is 49.5 Å². The largest absolute Gasteiger partial charge is 0.490 e. The van der Waals surface area contributed by atoms with E-state index in [9.17, 15) is 4.79 Å². The van der Waals surface area contributed by atoms with Crippen molar-refractivity contribution in [3.8, 4) is 11.5 Å². The third-order valence-corrected chi connectivity index (χ3v) is 6.13. The van der Waals surface area contributed by atoms with Crippen molar-refractivity contribution >= 4 is 17.5 Å². The van der Waals surface area contributed by atoms with Gasteiger partial charge in [0.15, 0.2) is 11.5 Å². The SMILES string of the molecule is CCOc1ccccc1OCCC(=O)C1CC2CCC(C1)S2. The number of benzene rings is 1. The highest BCUT2D eigenvalue weighted by Gasteiger charge is 2.37. The topological polar surface area (TPSA) is 35.5 Å². The number of carbonyl (C=O) groups is 1. The quantitative estimate of drug-likeness (QED) is 0.758. The molecule has 120 valence electrons. The highest BCUT2D eigenvalue weighted by molar-refractivity contribution is 8.00. The summed E-state index contributed by atoms with van der Waals surface area (Å²) in [5.74, 6) is 2.14. The molecule has 1 aromatic rings. The third kappa shape index (κ3) is 3.78. The van der Waals surface area contributed by atoms with E-state index >= 15 is 0 Å². The minimum atomic E-state index is 0.268. The van der Waals surface area contributed by atoms with E-state index in [1.165, 1.54) is 12.8 Å². The first-order valence-corrected chi connectivity index (χ1v) is 9.23. The average molecular weight is 320 g/mol.